The van der Waals surface area contributed by atoms with Crippen molar-refractivity contribution < 1.29 is 14.4 Å². The van der Waals surface area contributed by atoms with E-state index < -0.39 is 11.5 Å². The van der Waals surface area contributed by atoms with Gasteiger partial charge in [0.2, 0.25) is 5.89 Å². The molecule has 0 amide bonds. The van der Waals surface area contributed by atoms with Crippen LogP contribution in [-0.2, 0) is 11.3 Å². The van der Waals surface area contributed by atoms with E-state index in [1.165, 1.54) is 0 Å². The number of aliphatic carboxylic acids is 1. The number of carbonyl (C=O) groups is 1. The van der Waals surface area contributed by atoms with Crippen LogP contribution in [0.3, 0.4) is 0 Å². The van der Waals surface area contributed by atoms with Gasteiger partial charge in [0.25, 0.3) is 0 Å². The number of rotatable bonds is 4. The van der Waals surface area contributed by atoms with E-state index in [0.717, 1.165) is 25.8 Å². The molecule has 1 aliphatic heterocycles. The first-order valence-electron chi connectivity index (χ1n) is 6.40. The van der Waals surface area contributed by atoms with Crippen LogP contribution in [0, 0.1) is 0 Å². The Labute approximate surface area is 105 Å². The third-order valence-electron chi connectivity index (χ3n) is 3.99. The lowest BCUT2D eigenvalue weighted by Gasteiger charge is -2.29. The van der Waals surface area contributed by atoms with Crippen molar-refractivity contribution in [3.63, 3.8) is 0 Å². The molecule has 0 spiro atoms. The normalized spacial score (nSPS) is 28.7. The smallest absolute Gasteiger partial charge is 0.323 e. The minimum atomic E-state index is -0.791. The van der Waals surface area contributed by atoms with Gasteiger partial charge in [-0.25, -0.2) is 0 Å². The van der Waals surface area contributed by atoms with Crippen LogP contribution in [-0.4, -0.2) is 38.2 Å². The van der Waals surface area contributed by atoms with Crippen molar-refractivity contribution in [3.8, 4) is 0 Å². The van der Waals surface area contributed by atoms with Crippen molar-refractivity contribution in [2.24, 2.45) is 0 Å². The highest BCUT2D eigenvalue weighted by Crippen LogP contribution is 2.39. The maximum atomic E-state index is 11.3. The van der Waals surface area contributed by atoms with Crippen molar-refractivity contribution in [1.29, 1.82) is 0 Å². The van der Waals surface area contributed by atoms with Gasteiger partial charge >= 0.3 is 5.97 Å². The van der Waals surface area contributed by atoms with E-state index in [0.29, 0.717) is 30.6 Å². The largest absolute Gasteiger partial charge is 0.480 e. The lowest BCUT2D eigenvalue weighted by Crippen LogP contribution is -2.47. The summed E-state index contributed by atoms with van der Waals surface area (Å²) in [5, 5.41) is 13.3. The molecule has 1 atom stereocenters. The van der Waals surface area contributed by atoms with E-state index in [4.69, 9.17) is 4.52 Å². The molecule has 6 nitrogen and oxygen atoms in total. The van der Waals surface area contributed by atoms with Crippen molar-refractivity contribution in [1.82, 2.24) is 15.0 Å². The van der Waals surface area contributed by atoms with Gasteiger partial charge in [-0.15, -0.1) is 0 Å². The van der Waals surface area contributed by atoms with E-state index in [1.807, 2.05) is 4.90 Å². The first kappa shape index (κ1) is 11.6. The Bertz CT molecular complexity index is 469. The van der Waals surface area contributed by atoms with Crippen LogP contribution in [0.1, 0.15) is 50.2 Å². The number of carboxylic acid groups (broad SMARTS) is 1. The Morgan fingerprint density at radius 1 is 1.61 bits per heavy atom. The van der Waals surface area contributed by atoms with E-state index in [-0.39, 0.29) is 0 Å². The number of carboxylic acids is 1. The highest BCUT2D eigenvalue weighted by Gasteiger charge is 2.43. The van der Waals surface area contributed by atoms with Crippen molar-refractivity contribution in [2.45, 2.75) is 50.6 Å². The summed E-state index contributed by atoms with van der Waals surface area (Å²) in [5.41, 5.74) is -0.791. The fourth-order valence-corrected chi connectivity index (χ4v) is 2.51. The van der Waals surface area contributed by atoms with Crippen LogP contribution in [0.2, 0.25) is 0 Å². The van der Waals surface area contributed by atoms with Gasteiger partial charge in [-0.05, 0) is 39.2 Å². The molecule has 1 unspecified atom stereocenters. The highest BCUT2D eigenvalue weighted by atomic mass is 16.5. The summed E-state index contributed by atoms with van der Waals surface area (Å²) >= 11 is 0. The molecular weight excluding hydrogens is 234 g/mol. The fraction of sp³-hybridized carbons (Fsp3) is 0.750. The molecule has 1 N–H and O–H groups in total. The van der Waals surface area contributed by atoms with Gasteiger partial charge in [-0.1, -0.05) is 5.16 Å². The summed E-state index contributed by atoms with van der Waals surface area (Å²) in [4.78, 5) is 17.6. The molecule has 0 radical (unpaired) electrons. The Morgan fingerprint density at radius 3 is 3.06 bits per heavy atom. The average molecular weight is 251 g/mol. The molecule has 0 bridgehead atoms. The number of hydrogen-bond acceptors (Lipinski definition) is 5. The second-order valence-corrected chi connectivity index (χ2v) is 5.43. The molecule has 2 fully saturated rings. The van der Waals surface area contributed by atoms with Gasteiger partial charge in [0.15, 0.2) is 5.82 Å². The molecule has 1 aliphatic carbocycles. The quantitative estimate of drug-likeness (QED) is 0.871. The van der Waals surface area contributed by atoms with Gasteiger partial charge in [-0.3, -0.25) is 9.69 Å². The summed E-state index contributed by atoms with van der Waals surface area (Å²) in [6.45, 7) is 3.00. The van der Waals surface area contributed by atoms with Crippen LogP contribution < -0.4 is 0 Å². The SMILES string of the molecule is CC1(C(=O)O)CCCN1Cc1noc(C2CC2)n1. The Balaban J connectivity index is 1.72. The zero-order chi connectivity index (χ0) is 12.8. The Hall–Kier alpha value is -1.43. The van der Waals surface area contributed by atoms with Crippen LogP contribution in [0.25, 0.3) is 0 Å². The van der Waals surface area contributed by atoms with Crippen LogP contribution in [0.15, 0.2) is 4.52 Å². The molecule has 6 heteroatoms. The van der Waals surface area contributed by atoms with Crippen molar-refractivity contribution in [2.75, 3.05) is 6.54 Å². The molecule has 1 saturated carbocycles. The molecule has 1 saturated heterocycles. The predicted molar refractivity (Wildman–Crippen MR) is 62.0 cm³/mol. The van der Waals surface area contributed by atoms with E-state index in [1.54, 1.807) is 6.92 Å². The van der Waals surface area contributed by atoms with E-state index in [9.17, 15) is 9.90 Å². The maximum Gasteiger partial charge on any atom is 0.323 e. The minimum Gasteiger partial charge on any atom is -0.480 e. The predicted octanol–water partition coefficient (Wildman–Crippen LogP) is 1.39. The molecule has 18 heavy (non-hydrogen) atoms. The van der Waals surface area contributed by atoms with Crippen LogP contribution in [0.5, 0.6) is 0 Å². The van der Waals surface area contributed by atoms with Crippen LogP contribution >= 0.6 is 0 Å². The third kappa shape index (κ3) is 1.90. The fourth-order valence-electron chi connectivity index (χ4n) is 2.51. The number of hydrogen-bond donors (Lipinski definition) is 1. The molecule has 2 aliphatic rings. The first-order valence-corrected chi connectivity index (χ1v) is 6.40. The van der Waals surface area contributed by atoms with Gasteiger partial charge in [0.1, 0.15) is 5.54 Å². The summed E-state index contributed by atoms with van der Waals surface area (Å²) < 4.78 is 5.19. The Kier molecular flexibility index (Phi) is 2.62. The lowest BCUT2D eigenvalue weighted by molar-refractivity contribution is -0.149. The maximum absolute atomic E-state index is 11.3. The summed E-state index contributed by atoms with van der Waals surface area (Å²) in [6.07, 6.45) is 3.82. The number of likely N-dealkylation sites (tertiary alicyclic amines) is 1. The van der Waals surface area contributed by atoms with Crippen LogP contribution in [0.4, 0.5) is 0 Å². The van der Waals surface area contributed by atoms with Gasteiger partial charge in [0.05, 0.1) is 6.54 Å². The monoisotopic (exact) mass is 251 g/mol. The molecule has 3 rings (SSSR count). The van der Waals surface area contributed by atoms with E-state index >= 15 is 0 Å². The van der Waals surface area contributed by atoms with E-state index in [2.05, 4.69) is 10.1 Å². The van der Waals surface area contributed by atoms with Gasteiger partial charge in [-0.2, -0.15) is 4.98 Å². The standard InChI is InChI=1S/C12H17N3O3/c1-12(11(16)17)5-2-6-15(12)7-9-13-10(18-14-9)8-3-4-8/h8H,2-7H2,1H3,(H,16,17). The Morgan fingerprint density at radius 2 is 2.39 bits per heavy atom. The first-order chi connectivity index (χ1) is 8.59. The zero-order valence-electron chi connectivity index (χ0n) is 10.4. The van der Waals surface area contributed by atoms with Gasteiger partial charge < -0.3 is 9.63 Å². The van der Waals surface area contributed by atoms with Crippen molar-refractivity contribution in [3.05, 3.63) is 11.7 Å². The summed E-state index contributed by atoms with van der Waals surface area (Å²) in [5.74, 6) is 0.981. The molecule has 2 heterocycles. The zero-order valence-corrected chi connectivity index (χ0v) is 10.4. The molecule has 98 valence electrons. The molecule has 1 aromatic heterocycles. The summed E-state index contributed by atoms with van der Waals surface area (Å²) in [7, 11) is 0. The minimum absolute atomic E-state index is 0.440. The number of nitrogens with zero attached hydrogens (tertiary/aromatic N) is 3. The lowest BCUT2D eigenvalue weighted by atomic mass is 9.99. The second kappa shape index (κ2) is 4.05. The third-order valence-corrected chi connectivity index (χ3v) is 3.99. The second-order valence-electron chi connectivity index (χ2n) is 5.43. The van der Waals surface area contributed by atoms with Crippen molar-refractivity contribution >= 4 is 5.97 Å². The topological polar surface area (TPSA) is 79.5 Å². The number of aromatic nitrogens is 2. The average Bonchev–Trinajstić information content (AvgIpc) is 2.97. The van der Waals surface area contributed by atoms with Gasteiger partial charge in [0, 0.05) is 5.92 Å². The molecule has 1 aromatic rings. The molecular formula is C12H17N3O3. The highest BCUT2D eigenvalue weighted by molar-refractivity contribution is 5.78. The molecule has 0 aromatic carbocycles. The summed E-state index contributed by atoms with van der Waals surface area (Å²) in [6, 6.07) is 0.